The molecule has 3 unspecified atom stereocenters. The summed E-state index contributed by atoms with van der Waals surface area (Å²) in [6, 6.07) is 10.1. The molecule has 0 bridgehead atoms. The van der Waals surface area contributed by atoms with Crippen LogP contribution in [0.2, 0.25) is 0 Å². The Kier molecular flexibility index (Phi) is 5.28. The number of carbonyl (C=O) groups excluding carboxylic acids is 1. The molecule has 1 saturated carbocycles. The molecule has 0 aromatic heterocycles. The lowest BCUT2D eigenvalue weighted by atomic mass is 9.98. The Labute approximate surface area is 119 Å². The average molecular weight is 278 g/mol. The van der Waals surface area contributed by atoms with Gasteiger partial charge in [-0.3, -0.25) is 4.79 Å². The molecule has 1 amide bonds. The normalized spacial score (nSPS) is 24.1. The van der Waals surface area contributed by atoms with Gasteiger partial charge in [-0.1, -0.05) is 36.8 Å². The molecular weight excluding hydrogens is 256 g/mol. The zero-order chi connectivity index (χ0) is 13.7. The maximum atomic E-state index is 12.4. The van der Waals surface area contributed by atoms with Crippen molar-refractivity contribution < 1.29 is 4.79 Å². The third kappa shape index (κ3) is 3.51. The Bertz CT molecular complexity index is 410. The van der Waals surface area contributed by atoms with Gasteiger partial charge in [0, 0.05) is 17.8 Å². The van der Waals surface area contributed by atoms with Crippen LogP contribution in [-0.4, -0.2) is 30.0 Å². The summed E-state index contributed by atoms with van der Waals surface area (Å²) in [5.41, 5.74) is 6.78. The van der Waals surface area contributed by atoms with Crippen LogP contribution in [0, 0.1) is 0 Å². The van der Waals surface area contributed by atoms with E-state index in [2.05, 4.69) is 11.6 Å². The second-order valence-electron chi connectivity index (χ2n) is 5.02. The fraction of sp³-hybridized carbons (Fsp3) is 0.533. The van der Waals surface area contributed by atoms with Gasteiger partial charge in [0.1, 0.15) is 0 Å². The number of hydrogen-bond donors (Lipinski definition) is 2. The van der Waals surface area contributed by atoms with Gasteiger partial charge in [0.15, 0.2) is 0 Å². The van der Waals surface area contributed by atoms with Gasteiger partial charge in [-0.2, -0.15) is 11.8 Å². The minimum Gasteiger partial charge on any atom is -0.352 e. The summed E-state index contributed by atoms with van der Waals surface area (Å²) < 4.78 is 0. The van der Waals surface area contributed by atoms with Gasteiger partial charge < -0.3 is 11.1 Å². The first-order valence-electron chi connectivity index (χ1n) is 6.84. The summed E-state index contributed by atoms with van der Waals surface area (Å²) in [5.74, 6) is -0.163. The molecule has 104 valence electrons. The molecule has 3 nitrogen and oxygen atoms in total. The van der Waals surface area contributed by atoms with Crippen molar-refractivity contribution in [2.75, 3.05) is 12.8 Å². The van der Waals surface area contributed by atoms with Crippen LogP contribution in [-0.2, 0) is 4.79 Å². The second-order valence-corrected chi connectivity index (χ2v) is 6.10. The van der Waals surface area contributed by atoms with Gasteiger partial charge in [-0.25, -0.2) is 0 Å². The molecule has 1 fully saturated rings. The molecule has 4 heteroatoms. The molecule has 0 spiro atoms. The summed E-state index contributed by atoms with van der Waals surface area (Å²) in [6.07, 6.45) is 5.61. The Morgan fingerprint density at radius 1 is 1.42 bits per heavy atom. The molecule has 0 aliphatic heterocycles. The van der Waals surface area contributed by atoms with E-state index in [1.165, 1.54) is 12.8 Å². The second kappa shape index (κ2) is 6.96. The van der Waals surface area contributed by atoms with Gasteiger partial charge in [-0.05, 0) is 24.7 Å². The number of benzene rings is 1. The molecule has 2 rings (SSSR count). The van der Waals surface area contributed by atoms with Gasteiger partial charge in [-0.15, -0.1) is 0 Å². The first-order valence-corrected chi connectivity index (χ1v) is 8.13. The maximum absolute atomic E-state index is 12.4. The number of nitrogens with one attached hydrogen (secondary N) is 1. The van der Waals surface area contributed by atoms with Crippen LogP contribution in [0.15, 0.2) is 30.3 Å². The number of hydrogen-bond acceptors (Lipinski definition) is 3. The predicted octanol–water partition coefficient (Wildman–Crippen LogP) is 2.13. The molecule has 3 N–H and O–H groups in total. The molecule has 0 radical (unpaired) electrons. The quantitative estimate of drug-likeness (QED) is 0.867. The van der Waals surface area contributed by atoms with E-state index in [1.807, 2.05) is 42.1 Å². The first kappa shape index (κ1) is 14.4. The highest BCUT2D eigenvalue weighted by Gasteiger charge is 2.30. The van der Waals surface area contributed by atoms with Crippen molar-refractivity contribution in [3.63, 3.8) is 0 Å². The predicted molar refractivity (Wildman–Crippen MR) is 81.3 cm³/mol. The van der Waals surface area contributed by atoms with Crippen LogP contribution in [0.4, 0.5) is 0 Å². The Hall–Kier alpha value is -1.00. The third-order valence-electron chi connectivity index (χ3n) is 3.84. The van der Waals surface area contributed by atoms with Crippen molar-refractivity contribution >= 4 is 17.7 Å². The summed E-state index contributed by atoms with van der Waals surface area (Å²) in [4.78, 5) is 12.4. The van der Waals surface area contributed by atoms with Gasteiger partial charge in [0.25, 0.3) is 0 Å². The summed E-state index contributed by atoms with van der Waals surface area (Å²) >= 11 is 1.85. The molecule has 3 atom stereocenters. The largest absolute Gasteiger partial charge is 0.352 e. The van der Waals surface area contributed by atoms with Gasteiger partial charge >= 0.3 is 0 Å². The van der Waals surface area contributed by atoms with E-state index in [9.17, 15) is 4.79 Å². The van der Waals surface area contributed by atoms with Crippen LogP contribution >= 0.6 is 11.8 Å². The molecule has 0 saturated heterocycles. The van der Waals surface area contributed by atoms with Crippen LogP contribution in [0.25, 0.3) is 0 Å². The van der Waals surface area contributed by atoms with Crippen molar-refractivity contribution in [1.82, 2.24) is 5.32 Å². The molecule has 1 aliphatic carbocycles. The maximum Gasteiger partial charge on any atom is 0.229 e. The summed E-state index contributed by atoms with van der Waals surface area (Å²) in [7, 11) is 0. The van der Waals surface area contributed by atoms with E-state index < -0.39 is 0 Å². The SMILES string of the molecule is CSC1CCCC1NC(=O)C(CN)c1ccccc1. The van der Waals surface area contributed by atoms with E-state index in [-0.39, 0.29) is 11.8 Å². The van der Waals surface area contributed by atoms with E-state index in [4.69, 9.17) is 5.73 Å². The zero-order valence-corrected chi connectivity index (χ0v) is 12.2. The summed E-state index contributed by atoms with van der Waals surface area (Å²) in [6.45, 7) is 0.354. The number of rotatable bonds is 5. The minimum absolute atomic E-state index is 0.0691. The lowest BCUT2D eigenvalue weighted by Gasteiger charge is -2.22. The van der Waals surface area contributed by atoms with E-state index in [0.717, 1.165) is 12.0 Å². The van der Waals surface area contributed by atoms with Gasteiger partial charge in [0.05, 0.1) is 5.92 Å². The van der Waals surface area contributed by atoms with Crippen LogP contribution in [0.5, 0.6) is 0 Å². The van der Waals surface area contributed by atoms with Crippen LogP contribution < -0.4 is 11.1 Å². The summed E-state index contributed by atoms with van der Waals surface area (Å²) in [5, 5.41) is 3.74. The van der Waals surface area contributed by atoms with Gasteiger partial charge in [0.2, 0.25) is 5.91 Å². The number of amides is 1. The van der Waals surface area contributed by atoms with Crippen LogP contribution in [0.3, 0.4) is 0 Å². The van der Waals surface area contributed by atoms with E-state index in [1.54, 1.807) is 0 Å². The highest BCUT2D eigenvalue weighted by atomic mass is 32.2. The zero-order valence-electron chi connectivity index (χ0n) is 11.3. The highest BCUT2D eigenvalue weighted by Crippen LogP contribution is 2.29. The monoisotopic (exact) mass is 278 g/mol. The number of carbonyl (C=O) groups is 1. The topological polar surface area (TPSA) is 55.1 Å². The standard InChI is InChI=1S/C15H22N2OS/c1-19-14-9-5-8-13(14)17-15(18)12(10-16)11-6-3-2-4-7-11/h2-4,6-7,12-14H,5,8-10,16H2,1H3,(H,17,18). The molecule has 19 heavy (non-hydrogen) atoms. The Balaban J connectivity index is 2.01. The van der Waals surface area contributed by atoms with Crippen molar-refractivity contribution in [3.8, 4) is 0 Å². The minimum atomic E-state index is -0.232. The van der Waals surface area contributed by atoms with E-state index in [0.29, 0.717) is 17.8 Å². The van der Waals surface area contributed by atoms with Crippen molar-refractivity contribution in [3.05, 3.63) is 35.9 Å². The molecule has 1 aliphatic rings. The van der Waals surface area contributed by atoms with Crippen LogP contribution in [0.1, 0.15) is 30.7 Å². The van der Waals surface area contributed by atoms with Crippen molar-refractivity contribution in [2.45, 2.75) is 36.5 Å². The first-order chi connectivity index (χ1) is 9.26. The van der Waals surface area contributed by atoms with Crippen molar-refractivity contribution in [2.24, 2.45) is 5.73 Å². The Morgan fingerprint density at radius 2 is 2.16 bits per heavy atom. The third-order valence-corrected chi connectivity index (χ3v) is 5.01. The lowest BCUT2D eigenvalue weighted by Crippen LogP contribution is -2.42. The fourth-order valence-corrected chi connectivity index (χ4v) is 3.67. The lowest BCUT2D eigenvalue weighted by molar-refractivity contribution is -0.123. The average Bonchev–Trinajstić information content (AvgIpc) is 2.88. The molecule has 0 heterocycles. The van der Waals surface area contributed by atoms with Crippen molar-refractivity contribution in [1.29, 1.82) is 0 Å². The Morgan fingerprint density at radius 3 is 2.79 bits per heavy atom. The fourth-order valence-electron chi connectivity index (χ4n) is 2.74. The molecule has 1 aromatic carbocycles. The molecule has 1 aromatic rings. The number of nitrogens with two attached hydrogens (primary N) is 1. The van der Waals surface area contributed by atoms with E-state index >= 15 is 0 Å². The smallest absolute Gasteiger partial charge is 0.229 e. The molecular formula is C15H22N2OS. The number of thioether (sulfide) groups is 1. The highest BCUT2D eigenvalue weighted by molar-refractivity contribution is 7.99.